The van der Waals surface area contributed by atoms with Crippen LogP contribution in [-0.2, 0) is 4.74 Å². The van der Waals surface area contributed by atoms with Crippen molar-refractivity contribution in [2.75, 3.05) is 19.8 Å². The second kappa shape index (κ2) is 5.65. The number of carbonyl (C=O) groups is 1. The summed E-state index contributed by atoms with van der Waals surface area (Å²) in [5, 5.41) is 3.84. The summed E-state index contributed by atoms with van der Waals surface area (Å²) in [6, 6.07) is 5.44. The first-order valence-corrected chi connectivity index (χ1v) is 6.89. The first kappa shape index (κ1) is 13.8. The van der Waals surface area contributed by atoms with Gasteiger partial charge in [-0.05, 0) is 37.1 Å². The number of aryl methyl sites for hydroxylation is 2. The molecule has 6 heteroatoms. The quantitative estimate of drug-likeness (QED) is 0.844. The van der Waals surface area contributed by atoms with Crippen molar-refractivity contribution in [3.63, 3.8) is 0 Å². The molecule has 2 heterocycles. The molecule has 2 aromatic rings. The average molecular weight is 287 g/mol. The molecule has 1 aromatic carbocycles. The fraction of sp³-hybridized carbons (Fsp3) is 0.400. The molecule has 1 aromatic heterocycles. The molecule has 0 spiro atoms. The number of amides is 1. The molecule has 110 valence electrons. The van der Waals surface area contributed by atoms with Crippen molar-refractivity contribution < 1.29 is 14.1 Å². The predicted octanol–water partition coefficient (Wildman–Crippen LogP) is 1.90. The highest BCUT2D eigenvalue weighted by atomic mass is 16.5. The average Bonchev–Trinajstić information content (AvgIpc) is 3.03. The lowest BCUT2D eigenvalue weighted by Gasteiger charge is -2.33. The lowest BCUT2D eigenvalue weighted by molar-refractivity contribution is -0.00577. The Morgan fingerprint density at radius 3 is 2.90 bits per heavy atom. The molecular formula is C15H17N3O3. The SMILES string of the molecule is Cc1ccc(C(=O)N2CCOC[C@@H]2c2ncon2)cc1C. The third-order valence-electron chi connectivity index (χ3n) is 3.82. The maximum absolute atomic E-state index is 12.8. The zero-order valence-electron chi connectivity index (χ0n) is 12.1. The monoisotopic (exact) mass is 287 g/mol. The fourth-order valence-corrected chi connectivity index (χ4v) is 2.43. The van der Waals surface area contributed by atoms with Crippen molar-refractivity contribution in [1.29, 1.82) is 0 Å². The summed E-state index contributed by atoms with van der Waals surface area (Å²) >= 11 is 0. The molecule has 3 rings (SSSR count). The number of ether oxygens (including phenoxy) is 1. The Morgan fingerprint density at radius 1 is 1.33 bits per heavy atom. The molecular weight excluding hydrogens is 270 g/mol. The third kappa shape index (κ3) is 2.67. The number of benzene rings is 1. The van der Waals surface area contributed by atoms with Crippen LogP contribution < -0.4 is 0 Å². The minimum Gasteiger partial charge on any atom is -0.377 e. The largest absolute Gasteiger partial charge is 0.377 e. The van der Waals surface area contributed by atoms with Gasteiger partial charge in [0.1, 0.15) is 6.04 Å². The normalized spacial score (nSPS) is 18.8. The number of aromatic nitrogens is 2. The molecule has 0 radical (unpaired) electrons. The van der Waals surface area contributed by atoms with Crippen LogP contribution in [0.2, 0.25) is 0 Å². The first-order valence-electron chi connectivity index (χ1n) is 6.89. The minimum atomic E-state index is -0.299. The molecule has 0 saturated carbocycles. The van der Waals surface area contributed by atoms with Crippen molar-refractivity contribution in [2.45, 2.75) is 19.9 Å². The molecule has 21 heavy (non-hydrogen) atoms. The first-order chi connectivity index (χ1) is 10.2. The van der Waals surface area contributed by atoms with Gasteiger partial charge < -0.3 is 14.2 Å². The van der Waals surface area contributed by atoms with Gasteiger partial charge in [-0.3, -0.25) is 4.79 Å². The summed E-state index contributed by atoms with van der Waals surface area (Å²) in [6.07, 6.45) is 1.27. The number of hydrogen-bond acceptors (Lipinski definition) is 5. The molecule has 1 aliphatic heterocycles. The van der Waals surface area contributed by atoms with Crippen LogP contribution in [0.3, 0.4) is 0 Å². The summed E-state index contributed by atoms with van der Waals surface area (Å²) in [5.74, 6) is 0.447. The van der Waals surface area contributed by atoms with Crippen LogP contribution in [-0.4, -0.2) is 40.7 Å². The van der Waals surface area contributed by atoms with E-state index in [0.717, 1.165) is 5.56 Å². The van der Waals surface area contributed by atoms with E-state index < -0.39 is 0 Å². The number of rotatable bonds is 2. The Bertz CT molecular complexity index is 640. The molecule has 0 aliphatic carbocycles. The summed E-state index contributed by atoms with van der Waals surface area (Å²) in [6.45, 7) is 5.45. The molecule has 1 amide bonds. The maximum atomic E-state index is 12.8. The van der Waals surface area contributed by atoms with E-state index >= 15 is 0 Å². The van der Waals surface area contributed by atoms with Crippen LogP contribution in [0.15, 0.2) is 29.1 Å². The van der Waals surface area contributed by atoms with Crippen LogP contribution in [0.1, 0.15) is 33.4 Å². The molecule has 0 N–H and O–H groups in total. The van der Waals surface area contributed by atoms with Crippen molar-refractivity contribution in [1.82, 2.24) is 15.0 Å². The lowest BCUT2D eigenvalue weighted by atomic mass is 10.0. The second-order valence-electron chi connectivity index (χ2n) is 5.18. The number of hydrogen-bond donors (Lipinski definition) is 0. The van der Waals surface area contributed by atoms with Gasteiger partial charge in [0.25, 0.3) is 5.91 Å². The van der Waals surface area contributed by atoms with E-state index in [1.54, 1.807) is 4.90 Å². The van der Waals surface area contributed by atoms with Gasteiger partial charge in [-0.25, -0.2) is 0 Å². The van der Waals surface area contributed by atoms with Crippen molar-refractivity contribution in [3.8, 4) is 0 Å². The Hall–Kier alpha value is -2.21. The zero-order chi connectivity index (χ0) is 14.8. The standard InChI is InChI=1S/C15H17N3O3/c1-10-3-4-12(7-11(10)2)15(19)18-5-6-20-8-13(18)14-16-9-21-17-14/h3-4,7,9,13H,5-6,8H2,1-2H3/t13-/m1/s1. The van der Waals surface area contributed by atoms with Crippen LogP contribution in [0.4, 0.5) is 0 Å². The molecule has 0 unspecified atom stereocenters. The highest BCUT2D eigenvalue weighted by Gasteiger charge is 2.32. The van der Waals surface area contributed by atoms with Gasteiger partial charge in [-0.2, -0.15) is 4.98 Å². The van der Waals surface area contributed by atoms with E-state index in [4.69, 9.17) is 9.26 Å². The van der Waals surface area contributed by atoms with Crippen LogP contribution in [0.25, 0.3) is 0 Å². The van der Waals surface area contributed by atoms with Crippen molar-refractivity contribution >= 4 is 5.91 Å². The zero-order valence-corrected chi connectivity index (χ0v) is 12.1. The van der Waals surface area contributed by atoms with Crippen molar-refractivity contribution in [3.05, 3.63) is 47.1 Å². The minimum absolute atomic E-state index is 0.0313. The van der Waals surface area contributed by atoms with E-state index in [1.165, 1.54) is 12.0 Å². The van der Waals surface area contributed by atoms with Gasteiger partial charge in [0.15, 0.2) is 5.82 Å². The maximum Gasteiger partial charge on any atom is 0.254 e. The Kier molecular flexibility index (Phi) is 3.70. The molecule has 6 nitrogen and oxygen atoms in total. The third-order valence-corrected chi connectivity index (χ3v) is 3.82. The fourth-order valence-electron chi connectivity index (χ4n) is 2.43. The van der Waals surface area contributed by atoms with E-state index in [2.05, 4.69) is 10.1 Å². The van der Waals surface area contributed by atoms with E-state index in [1.807, 2.05) is 32.0 Å². The smallest absolute Gasteiger partial charge is 0.254 e. The van der Waals surface area contributed by atoms with Crippen molar-refractivity contribution in [2.24, 2.45) is 0 Å². The van der Waals surface area contributed by atoms with Crippen LogP contribution in [0, 0.1) is 13.8 Å². The van der Waals surface area contributed by atoms with Crippen LogP contribution >= 0.6 is 0 Å². The Balaban J connectivity index is 1.89. The number of carbonyl (C=O) groups excluding carboxylic acids is 1. The van der Waals surface area contributed by atoms with E-state index in [0.29, 0.717) is 31.1 Å². The van der Waals surface area contributed by atoms with Gasteiger partial charge in [-0.1, -0.05) is 11.2 Å². The summed E-state index contributed by atoms with van der Waals surface area (Å²) in [7, 11) is 0. The Morgan fingerprint density at radius 2 is 2.19 bits per heavy atom. The van der Waals surface area contributed by atoms with Gasteiger partial charge in [-0.15, -0.1) is 0 Å². The van der Waals surface area contributed by atoms with Gasteiger partial charge >= 0.3 is 0 Å². The van der Waals surface area contributed by atoms with E-state index in [9.17, 15) is 4.79 Å². The highest BCUT2D eigenvalue weighted by molar-refractivity contribution is 5.94. The van der Waals surface area contributed by atoms with E-state index in [-0.39, 0.29) is 11.9 Å². The van der Waals surface area contributed by atoms with Gasteiger partial charge in [0, 0.05) is 12.1 Å². The highest BCUT2D eigenvalue weighted by Crippen LogP contribution is 2.24. The molecule has 1 fully saturated rings. The molecule has 1 atom stereocenters. The number of nitrogens with zero attached hydrogens (tertiary/aromatic N) is 3. The topological polar surface area (TPSA) is 68.5 Å². The summed E-state index contributed by atoms with van der Waals surface area (Å²) < 4.78 is 10.2. The predicted molar refractivity (Wildman–Crippen MR) is 74.8 cm³/mol. The summed E-state index contributed by atoms with van der Waals surface area (Å²) in [5.41, 5.74) is 2.95. The van der Waals surface area contributed by atoms with Gasteiger partial charge in [0.05, 0.1) is 13.2 Å². The lowest BCUT2D eigenvalue weighted by Crippen LogP contribution is -2.43. The molecule has 1 aliphatic rings. The molecule has 1 saturated heterocycles. The summed E-state index contributed by atoms with van der Waals surface area (Å²) in [4.78, 5) is 18.5. The Labute approximate surface area is 122 Å². The number of morpholine rings is 1. The molecule has 0 bridgehead atoms. The second-order valence-corrected chi connectivity index (χ2v) is 5.18. The van der Waals surface area contributed by atoms with Crippen LogP contribution in [0.5, 0.6) is 0 Å². The van der Waals surface area contributed by atoms with Gasteiger partial charge in [0.2, 0.25) is 6.39 Å².